The maximum Gasteiger partial charge on any atom is 0.405 e. The van der Waals surface area contributed by atoms with Gasteiger partial charge in [0.25, 0.3) is 7.37 Å². The first-order valence-corrected chi connectivity index (χ1v) is 12.6. The zero-order valence-electron chi connectivity index (χ0n) is 17.3. The van der Waals surface area contributed by atoms with Crippen LogP contribution in [0, 0.1) is 0 Å². The largest absolute Gasteiger partial charge is 0.487 e. The second-order valence-electron chi connectivity index (χ2n) is 7.66. The maximum atomic E-state index is 13.1. The number of rotatable bonds is 9. The van der Waals surface area contributed by atoms with Crippen LogP contribution in [0.5, 0.6) is 11.5 Å². The van der Waals surface area contributed by atoms with Crippen molar-refractivity contribution in [3.63, 3.8) is 0 Å². The fraction of sp³-hybridized carbons (Fsp3) is 0.381. The third-order valence-corrected chi connectivity index (χ3v) is 7.94. The fourth-order valence-corrected chi connectivity index (χ4v) is 5.88. The molecule has 1 aliphatic rings. The monoisotopic (exact) mass is 450 g/mol. The van der Waals surface area contributed by atoms with Crippen LogP contribution in [0.1, 0.15) is 37.3 Å². The molecule has 2 unspecified atom stereocenters. The lowest BCUT2D eigenvalue weighted by molar-refractivity contribution is 0.137. The van der Waals surface area contributed by atoms with Crippen molar-refractivity contribution in [1.29, 1.82) is 0 Å². The van der Waals surface area contributed by atoms with Crippen LogP contribution in [0.3, 0.4) is 0 Å². The van der Waals surface area contributed by atoms with E-state index in [1.54, 1.807) is 12.1 Å². The Balaban J connectivity index is 1.72. The molecule has 3 rings (SSSR count). The zero-order valence-corrected chi connectivity index (χ0v) is 19.0. The van der Waals surface area contributed by atoms with Crippen LogP contribution in [0.4, 0.5) is 4.79 Å². The van der Waals surface area contributed by atoms with Gasteiger partial charge in [0.15, 0.2) is 0 Å². The molecule has 0 saturated heterocycles. The van der Waals surface area contributed by atoms with Crippen LogP contribution in [0.15, 0.2) is 48.5 Å². The molecule has 0 spiro atoms. The molecule has 3 N–H and O–H groups in total. The van der Waals surface area contributed by atoms with Gasteiger partial charge in [0.1, 0.15) is 22.5 Å². The Morgan fingerprint density at radius 1 is 1.27 bits per heavy atom. The van der Waals surface area contributed by atoms with E-state index >= 15 is 0 Å². The van der Waals surface area contributed by atoms with Gasteiger partial charge in [0.2, 0.25) is 0 Å². The van der Waals surface area contributed by atoms with Crippen LogP contribution in [-0.4, -0.2) is 29.2 Å². The number of amides is 1. The molecule has 1 aliphatic heterocycles. The first-order valence-electron chi connectivity index (χ1n) is 9.73. The van der Waals surface area contributed by atoms with E-state index in [0.29, 0.717) is 17.7 Å². The normalized spacial score (nSPS) is 17.3. The van der Waals surface area contributed by atoms with Gasteiger partial charge in [-0.25, -0.2) is 4.79 Å². The number of ether oxygens (including phenoxy) is 1. The second-order valence-corrected chi connectivity index (χ2v) is 11.4. The van der Waals surface area contributed by atoms with Gasteiger partial charge in [0, 0.05) is 18.1 Å². The lowest BCUT2D eigenvalue weighted by Gasteiger charge is -2.23. The molecule has 0 bridgehead atoms. The molecule has 0 radical (unpaired) electrons. The summed E-state index contributed by atoms with van der Waals surface area (Å²) in [5, 5.41) is 11.2. The molecule has 0 aromatic heterocycles. The van der Waals surface area contributed by atoms with Gasteiger partial charge in [-0.1, -0.05) is 55.3 Å². The summed E-state index contributed by atoms with van der Waals surface area (Å²) in [5.41, 5.74) is 1.43. The standard InChI is InChI=1S/C21H27N2O5PS/c1-4-29(26,28-16-10-6-5-7-11-16)14-22-30-19(23-20(24)25)17-12-8-9-15-13-21(2,3)27-18(15)17/h5-12,19,22-23H,4,13-14H2,1-3H3,(H,24,25). The molecular formula is C21H27N2O5PS. The van der Waals surface area contributed by atoms with E-state index in [9.17, 15) is 14.5 Å². The predicted molar refractivity (Wildman–Crippen MR) is 120 cm³/mol. The zero-order chi connectivity index (χ0) is 21.8. The van der Waals surface area contributed by atoms with Gasteiger partial charge in [-0.05, 0) is 31.5 Å². The van der Waals surface area contributed by atoms with Crippen molar-refractivity contribution in [2.45, 2.75) is 38.2 Å². The number of hydrogen-bond donors (Lipinski definition) is 3. The number of fused-ring (bicyclic) bond motifs is 1. The number of carboxylic acid groups (broad SMARTS) is 1. The molecule has 7 nitrogen and oxygen atoms in total. The first kappa shape index (κ1) is 22.5. The highest BCUT2D eigenvalue weighted by Crippen LogP contribution is 2.47. The van der Waals surface area contributed by atoms with Crippen molar-refractivity contribution in [2.75, 3.05) is 12.4 Å². The Morgan fingerprint density at radius 3 is 2.67 bits per heavy atom. The van der Waals surface area contributed by atoms with Crippen molar-refractivity contribution in [3.05, 3.63) is 59.7 Å². The van der Waals surface area contributed by atoms with Gasteiger partial charge in [-0.15, -0.1) is 0 Å². The van der Waals surface area contributed by atoms with E-state index in [0.717, 1.165) is 29.5 Å². The molecule has 2 aromatic carbocycles. The Kier molecular flexibility index (Phi) is 7.01. The van der Waals surface area contributed by atoms with Crippen molar-refractivity contribution < 1.29 is 23.7 Å². The minimum absolute atomic E-state index is 0.0994. The van der Waals surface area contributed by atoms with Crippen LogP contribution in [-0.2, 0) is 11.0 Å². The minimum atomic E-state index is -2.98. The van der Waals surface area contributed by atoms with Crippen LogP contribution >= 0.6 is 19.3 Å². The summed E-state index contributed by atoms with van der Waals surface area (Å²) in [6.45, 7) is 5.81. The van der Waals surface area contributed by atoms with E-state index in [1.807, 2.05) is 57.2 Å². The molecule has 1 heterocycles. The third kappa shape index (κ3) is 5.72. The van der Waals surface area contributed by atoms with Crippen molar-refractivity contribution >= 4 is 25.4 Å². The Hall–Kier alpha value is -2.15. The first-order chi connectivity index (χ1) is 14.2. The highest BCUT2D eigenvalue weighted by atomic mass is 32.2. The summed E-state index contributed by atoms with van der Waals surface area (Å²) in [7, 11) is -2.98. The minimum Gasteiger partial charge on any atom is -0.487 e. The van der Waals surface area contributed by atoms with Gasteiger partial charge in [-0.2, -0.15) is 0 Å². The van der Waals surface area contributed by atoms with Crippen LogP contribution in [0.2, 0.25) is 0 Å². The van der Waals surface area contributed by atoms with E-state index in [-0.39, 0.29) is 11.9 Å². The Bertz CT molecular complexity index is 938. The van der Waals surface area contributed by atoms with E-state index in [2.05, 4.69) is 10.0 Å². The summed E-state index contributed by atoms with van der Waals surface area (Å²) < 4.78 is 28.0. The summed E-state index contributed by atoms with van der Waals surface area (Å²) in [5.74, 6) is 1.25. The summed E-state index contributed by atoms with van der Waals surface area (Å²) in [6, 6.07) is 14.8. The van der Waals surface area contributed by atoms with Gasteiger partial charge in [-0.3, -0.25) is 9.29 Å². The summed E-state index contributed by atoms with van der Waals surface area (Å²) in [6.07, 6.45) is 0.0555. The molecule has 0 saturated carbocycles. The second kappa shape index (κ2) is 9.33. The molecule has 2 atom stereocenters. The highest BCUT2D eigenvalue weighted by molar-refractivity contribution is 7.97. The lowest BCUT2D eigenvalue weighted by Crippen LogP contribution is -2.28. The molecule has 0 fully saturated rings. The molecule has 2 aromatic rings. The summed E-state index contributed by atoms with van der Waals surface area (Å²) in [4.78, 5) is 11.4. The third-order valence-electron chi connectivity index (χ3n) is 4.66. The van der Waals surface area contributed by atoms with Gasteiger partial charge >= 0.3 is 6.09 Å². The van der Waals surface area contributed by atoms with E-state index in [1.165, 1.54) is 0 Å². The number of nitrogens with one attached hydrogen (secondary N) is 2. The molecular weight excluding hydrogens is 423 g/mol. The quantitative estimate of drug-likeness (QED) is 0.273. The van der Waals surface area contributed by atoms with Gasteiger partial charge < -0.3 is 19.7 Å². The lowest BCUT2D eigenvalue weighted by atomic mass is 10.0. The maximum absolute atomic E-state index is 13.1. The van der Waals surface area contributed by atoms with Crippen molar-refractivity contribution in [1.82, 2.24) is 10.0 Å². The highest BCUT2D eigenvalue weighted by Gasteiger charge is 2.34. The molecule has 30 heavy (non-hydrogen) atoms. The van der Waals surface area contributed by atoms with E-state index < -0.39 is 18.8 Å². The number of benzene rings is 2. The van der Waals surface area contributed by atoms with Crippen molar-refractivity contribution in [3.8, 4) is 11.5 Å². The Labute approximate surface area is 181 Å². The number of para-hydroxylation sites is 2. The topological polar surface area (TPSA) is 96.9 Å². The fourth-order valence-electron chi connectivity index (χ4n) is 3.23. The SMILES string of the molecule is CCP(=O)(CNSC(NC(=O)O)c1cccc2c1OC(C)(C)C2)Oc1ccccc1. The molecule has 1 amide bonds. The van der Waals surface area contributed by atoms with Crippen molar-refractivity contribution in [2.24, 2.45) is 0 Å². The summed E-state index contributed by atoms with van der Waals surface area (Å²) >= 11 is 1.15. The molecule has 9 heteroatoms. The van der Waals surface area contributed by atoms with E-state index in [4.69, 9.17) is 9.26 Å². The number of hydrogen-bond acceptors (Lipinski definition) is 6. The smallest absolute Gasteiger partial charge is 0.405 e. The molecule has 0 aliphatic carbocycles. The molecule has 162 valence electrons. The van der Waals surface area contributed by atoms with Crippen LogP contribution in [0.25, 0.3) is 0 Å². The Morgan fingerprint density at radius 2 is 2.00 bits per heavy atom. The average molecular weight is 450 g/mol. The van der Waals surface area contributed by atoms with Crippen LogP contribution < -0.4 is 19.3 Å². The predicted octanol–water partition coefficient (Wildman–Crippen LogP) is 5.24. The average Bonchev–Trinajstić information content (AvgIpc) is 3.01. The number of carbonyl (C=O) groups is 1. The van der Waals surface area contributed by atoms with Gasteiger partial charge in [0.05, 0.1) is 6.29 Å².